The summed E-state index contributed by atoms with van der Waals surface area (Å²) in [5.41, 5.74) is 1.40. The summed E-state index contributed by atoms with van der Waals surface area (Å²) in [6, 6.07) is 8.54. The zero-order chi connectivity index (χ0) is 13.7. The lowest BCUT2D eigenvalue weighted by atomic mass is 9.87. The molecule has 0 bridgehead atoms. The Bertz CT molecular complexity index is 386. The summed E-state index contributed by atoms with van der Waals surface area (Å²) in [4.78, 5) is 2.57. The van der Waals surface area contributed by atoms with Crippen molar-refractivity contribution in [2.75, 3.05) is 39.8 Å². The van der Waals surface area contributed by atoms with Gasteiger partial charge >= 0.3 is 0 Å². The number of ether oxygens (including phenoxy) is 1. The minimum Gasteiger partial charge on any atom is -0.497 e. The third-order valence-electron chi connectivity index (χ3n) is 3.99. The number of rotatable bonds is 5. The van der Waals surface area contributed by atoms with Crippen molar-refractivity contribution in [3.05, 3.63) is 29.8 Å². The molecule has 1 aliphatic heterocycles. The monoisotopic (exact) mass is 262 g/mol. The van der Waals surface area contributed by atoms with Gasteiger partial charge in [0.2, 0.25) is 0 Å². The predicted molar refractivity (Wildman–Crippen MR) is 79.9 cm³/mol. The molecule has 1 aromatic rings. The van der Waals surface area contributed by atoms with Gasteiger partial charge in [-0.05, 0) is 29.5 Å². The standard InChI is InChI=1S/C16H26N2O/c1-13(2)16(12-18-9-7-17-8-10-18)14-5-4-6-15(11-14)19-3/h4-6,11,13,16-17H,7-10,12H2,1-3H3. The van der Waals surface area contributed by atoms with Crippen LogP contribution in [0, 0.1) is 5.92 Å². The number of hydrogen-bond donors (Lipinski definition) is 1. The molecule has 1 heterocycles. The molecule has 1 fully saturated rings. The average Bonchev–Trinajstić information content (AvgIpc) is 2.45. The van der Waals surface area contributed by atoms with Crippen molar-refractivity contribution in [3.63, 3.8) is 0 Å². The molecule has 3 heteroatoms. The lowest BCUT2D eigenvalue weighted by Crippen LogP contribution is -2.45. The van der Waals surface area contributed by atoms with E-state index < -0.39 is 0 Å². The summed E-state index contributed by atoms with van der Waals surface area (Å²) in [5.74, 6) is 2.18. The molecule has 0 spiro atoms. The van der Waals surface area contributed by atoms with E-state index in [4.69, 9.17) is 4.74 Å². The van der Waals surface area contributed by atoms with Crippen LogP contribution >= 0.6 is 0 Å². The van der Waals surface area contributed by atoms with Gasteiger partial charge in [-0.2, -0.15) is 0 Å². The predicted octanol–water partition coefficient (Wildman–Crippen LogP) is 2.34. The number of nitrogens with zero attached hydrogens (tertiary/aromatic N) is 1. The summed E-state index contributed by atoms with van der Waals surface area (Å²) >= 11 is 0. The number of piperazine rings is 1. The molecule has 1 aromatic carbocycles. The summed E-state index contributed by atoms with van der Waals surface area (Å²) in [7, 11) is 1.74. The first-order chi connectivity index (χ1) is 9.20. The fourth-order valence-electron chi connectivity index (χ4n) is 2.75. The lowest BCUT2D eigenvalue weighted by molar-refractivity contribution is 0.211. The van der Waals surface area contributed by atoms with E-state index in [1.165, 1.54) is 5.56 Å². The van der Waals surface area contributed by atoms with Gasteiger partial charge in [-0.1, -0.05) is 26.0 Å². The zero-order valence-electron chi connectivity index (χ0n) is 12.4. The van der Waals surface area contributed by atoms with Crippen molar-refractivity contribution in [2.24, 2.45) is 5.92 Å². The Labute approximate surface area is 116 Å². The molecule has 106 valence electrons. The molecule has 1 saturated heterocycles. The number of hydrogen-bond acceptors (Lipinski definition) is 3. The van der Waals surface area contributed by atoms with Gasteiger partial charge < -0.3 is 15.0 Å². The second-order valence-corrected chi connectivity index (χ2v) is 5.68. The summed E-state index contributed by atoms with van der Waals surface area (Å²) < 4.78 is 5.35. The molecule has 0 saturated carbocycles. The Morgan fingerprint density at radius 2 is 2.00 bits per heavy atom. The van der Waals surface area contributed by atoms with E-state index in [1.54, 1.807) is 7.11 Å². The van der Waals surface area contributed by atoms with Gasteiger partial charge in [-0.25, -0.2) is 0 Å². The van der Waals surface area contributed by atoms with Crippen LogP contribution in [0.15, 0.2) is 24.3 Å². The summed E-state index contributed by atoms with van der Waals surface area (Å²) in [5, 5.41) is 3.41. The fraction of sp³-hybridized carbons (Fsp3) is 0.625. The third-order valence-corrected chi connectivity index (χ3v) is 3.99. The molecule has 19 heavy (non-hydrogen) atoms. The van der Waals surface area contributed by atoms with Gasteiger partial charge in [-0.15, -0.1) is 0 Å². The first kappa shape index (κ1) is 14.4. The van der Waals surface area contributed by atoms with Gasteiger partial charge in [0.25, 0.3) is 0 Å². The van der Waals surface area contributed by atoms with Crippen LogP contribution < -0.4 is 10.1 Å². The first-order valence-corrected chi connectivity index (χ1v) is 7.27. The van der Waals surface area contributed by atoms with Crippen LogP contribution in [0.1, 0.15) is 25.3 Å². The van der Waals surface area contributed by atoms with E-state index >= 15 is 0 Å². The number of nitrogens with one attached hydrogen (secondary N) is 1. The maximum Gasteiger partial charge on any atom is 0.119 e. The van der Waals surface area contributed by atoms with Gasteiger partial charge in [0, 0.05) is 32.7 Å². The fourth-order valence-corrected chi connectivity index (χ4v) is 2.75. The molecule has 1 aliphatic rings. The largest absolute Gasteiger partial charge is 0.497 e. The molecule has 0 radical (unpaired) electrons. The van der Waals surface area contributed by atoms with Gasteiger partial charge in [0.1, 0.15) is 5.75 Å². The van der Waals surface area contributed by atoms with Crippen molar-refractivity contribution < 1.29 is 4.74 Å². The first-order valence-electron chi connectivity index (χ1n) is 7.27. The molecule has 0 aromatic heterocycles. The highest BCUT2D eigenvalue weighted by molar-refractivity contribution is 5.31. The highest BCUT2D eigenvalue weighted by Gasteiger charge is 2.21. The quantitative estimate of drug-likeness (QED) is 0.881. The Kier molecular flexibility index (Phi) is 5.23. The SMILES string of the molecule is COc1cccc(C(CN2CCNCC2)C(C)C)c1. The van der Waals surface area contributed by atoms with E-state index in [0.29, 0.717) is 11.8 Å². The van der Waals surface area contributed by atoms with E-state index in [0.717, 1.165) is 38.5 Å². The van der Waals surface area contributed by atoms with E-state index in [-0.39, 0.29) is 0 Å². The van der Waals surface area contributed by atoms with Gasteiger partial charge in [-0.3, -0.25) is 0 Å². The highest BCUT2D eigenvalue weighted by atomic mass is 16.5. The van der Waals surface area contributed by atoms with Crippen molar-refractivity contribution in [2.45, 2.75) is 19.8 Å². The summed E-state index contributed by atoms with van der Waals surface area (Å²) in [6.07, 6.45) is 0. The van der Waals surface area contributed by atoms with Gasteiger partial charge in [0.15, 0.2) is 0 Å². The van der Waals surface area contributed by atoms with E-state index in [1.807, 2.05) is 6.07 Å². The van der Waals surface area contributed by atoms with Gasteiger partial charge in [0.05, 0.1) is 7.11 Å². The second kappa shape index (κ2) is 6.92. The number of methoxy groups -OCH3 is 1. The molecule has 0 aliphatic carbocycles. The van der Waals surface area contributed by atoms with Crippen molar-refractivity contribution in [1.29, 1.82) is 0 Å². The minimum absolute atomic E-state index is 0.577. The van der Waals surface area contributed by atoms with Crippen molar-refractivity contribution in [3.8, 4) is 5.75 Å². The summed E-state index contributed by atoms with van der Waals surface area (Å²) in [6.45, 7) is 10.3. The molecule has 0 amide bonds. The van der Waals surface area contributed by atoms with Crippen molar-refractivity contribution in [1.82, 2.24) is 10.2 Å². The van der Waals surface area contributed by atoms with Crippen LogP contribution in [0.5, 0.6) is 5.75 Å². The average molecular weight is 262 g/mol. The smallest absolute Gasteiger partial charge is 0.119 e. The van der Waals surface area contributed by atoms with Crippen LogP contribution in [-0.2, 0) is 0 Å². The normalized spacial score (nSPS) is 18.5. The van der Waals surface area contributed by atoms with Crippen molar-refractivity contribution >= 4 is 0 Å². The Balaban J connectivity index is 2.09. The molecular weight excluding hydrogens is 236 g/mol. The molecule has 1 N–H and O–H groups in total. The Morgan fingerprint density at radius 1 is 1.26 bits per heavy atom. The third kappa shape index (κ3) is 3.95. The minimum atomic E-state index is 0.577. The van der Waals surface area contributed by atoms with Crippen LogP contribution in [-0.4, -0.2) is 44.7 Å². The Hall–Kier alpha value is -1.06. The second-order valence-electron chi connectivity index (χ2n) is 5.68. The zero-order valence-corrected chi connectivity index (χ0v) is 12.4. The molecule has 2 rings (SSSR count). The highest BCUT2D eigenvalue weighted by Crippen LogP contribution is 2.28. The van der Waals surface area contributed by atoms with Crippen LogP contribution in [0.25, 0.3) is 0 Å². The topological polar surface area (TPSA) is 24.5 Å². The maximum absolute atomic E-state index is 5.35. The Morgan fingerprint density at radius 3 is 2.63 bits per heavy atom. The number of benzene rings is 1. The van der Waals surface area contributed by atoms with Crippen LogP contribution in [0.4, 0.5) is 0 Å². The maximum atomic E-state index is 5.35. The molecule has 1 unspecified atom stereocenters. The van der Waals surface area contributed by atoms with E-state index in [2.05, 4.69) is 42.3 Å². The lowest BCUT2D eigenvalue weighted by Gasteiger charge is -2.33. The van der Waals surface area contributed by atoms with Crippen LogP contribution in [0.2, 0.25) is 0 Å². The van der Waals surface area contributed by atoms with E-state index in [9.17, 15) is 0 Å². The molecule has 3 nitrogen and oxygen atoms in total. The molecular formula is C16H26N2O. The molecule has 1 atom stereocenters. The van der Waals surface area contributed by atoms with Crippen LogP contribution in [0.3, 0.4) is 0 Å².